The average Bonchev–Trinajstić information content (AvgIpc) is 3.15. The number of H-pyrrole nitrogens is 1. The van der Waals surface area contributed by atoms with Crippen molar-refractivity contribution in [2.75, 3.05) is 18.8 Å². The Morgan fingerprint density at radius 3 is 2.60 bits per heavy atom. The van der Waals surface area contributed by atoms with Crippen molar-refractivity contribution in [3.8, 4) is 0 Å². The average molecular weight is 294 g/mol. The van der Waals surface area contributed by atoms with Crippen LogP contribution in [0.15, 0.2) is 5.16 Å². The van der Waals surface area contributed by atoms with E-state index in [2.05, 4.69) is 15.2 Å². The fourth-order valence-electron chi connectivity index (χ4n) is 2.58. The number of nitrogens with zero attached hydrogens (tertiary/aromatic N) is 3. The van der Waals surface area contributed by atoms with Crippen LogP contribution in [-0.2, 0) is 4.79 Å². The van der Waals surface area contributed by atoms with E-state index in [0.717, 1.165) is 31.8 Å². The predicted molar refractivity (Wildman–Crippen MR) is 78.7 cm³/mol. The van der Waals surface area contributed by atoms with Gasteiger partial charge in [0.15, 0.2) is 0 Å². The zero-order valence-electron chi connectivity index (χ0n) is 11.8. The summed E-state index contributed by atoms with van der Waals surface area (Å²) >= 11 is 1.46. The molecule has 1 aromatic rings. The molecule has 0 spiro atoms. The number of hydrogen-bond acceptors (Lipinski definition) is 4. The van der Waals surface area contributed by atoms with Crippen molar-refractivity contribution >= 4 is 17.7 Å². The summed E-state index contributed by atoms with van der Waals surface area (Å²) in [5, 5.41) is 7.88. The van der Waals surface area contributed by atoms with E-state index < -0.39 is 0 Å². The van der Waals surface area contributed by atoms with Crippen LogP contribution in [0.1, 0.15) is 56.7 Å². The maximum Gasteiger partial charge on any atom is 0.233 e. The molecule has 3 rings (SSSR count). The number of nitrogens with one attached hydrogen (secondary N) is 1. The molecule has 6 heteroatoms. The van der Waals surface area contributed by atoms with E-state index in [1.54, 1.807) is 0 Å². The lowest BCUT2D eigenvalue weighted by Crippen LogP contribution is -2.35. The fourth-order valence-corrected chi connectivity index (χ4v) is 3.28. The highest BCUT2D eigenvalue weighted by Gasteiger charge is 2.27. The van der Waals surface area contributed by atoms with Crippen molar-refractivity contribution in [2.24, 2.45) is 0 Å². The molecule has 1 saturated carbocycles. The molecule has 0 unspecified atom stereocenters. The molecule has 110 valence electrons. The normalized spacial score (nSPS) is 20.5. The molecule has 1 amide bonds. The van der Waals surface area contributed by atoms with Crippen LogP contribution < -0.4 is 0 Å². The summed E-state index contributed by atoms with van der Waals surface area (Å²) in [6, 6.07) is 0. The van der Waals surface area contributed by atoms with Crippen molar-refractivity contribution in [2.45, 2.75) is 56.0 Å². The molecule has 2 aliphatic rings. The molecule has 20 heavy (non-hydrogen) atoms. The Morgan fingerprint density at radius 1 is 1.20 bits per heavy atom. The van der Waals surface area contributed by atoms with Gasteiger partial charge >= 0.3 is 0 Å². The lowest BCUT2D eigenvalue weighted by atomic mass is 10.1. The molecule has 0 aromatic carbocycles. The predicted octanol–water partition coefficient (Wildman–Crippen LogP) is 2.57. The minimum absolute atomic E-state index is 0.231. The highest BCUT2D eigenvalue weighted by molar-refractivity contribution is 7.99. The molecule has 2 fully saturated rings. The summed E-state index contributed by atoms with van der Waals surface area (Å²) in [5.41, 5.74) is 0. The van der Waals surface area contributed by atoms with Crippen molar-refractivity contribution in [3.63, 3.8) is 0 Å². The number of likely N-dealkylation sites (tertiary alicyclic amines) is 1. The number of aromatic amines is 1. The van der Waals surface area contributed by atoms with Crippen molar-refractivity contribution in [1.29, 1.82) is 0 Å². The molecule has 1 saturated heterocycles. The molecule has 1 N–H and O–H groups in total. The lowest BCUT2D eigenvalue weighted by molar-refractivity contribution is -0.128. The number of carbonyl (C=O) groups excluding carboxylic acids is 1. The first-order valence-electron chi connectivity index (χ1n) is 7.66. The maximum absolute atomic E-state index is 12.2. The molecule has 0 bridgehead atoms. The van der Waals surface area contributed by atoms with Gasteiger partial charge < -0.3 is 4.90 Å². The van der Waals surface area contributed by atoms with Crippen LogP contribution in [0.25, 0.3) is 0 Å². The fraction of sp³-hybridized carbons (Fsp3) is 0.786. The number of rotatable bonds is 4. The molecule has 0 radical (unpaired) electrons. The van der Waals surface area contributed by atoms with Crippen molar-refractivity contribution < 1.29 is 4.79 Å². The smallest absolute Gasteiger partial charge is 0.233 e. The van der Waals surface area contributed by atoms with Crippen LogP contribution in [0.4, 0.5) is 0 Å². The van der Waals surface area contributed by atoms with E-state index in [4.69, 9.17) is 0 Å². The van der Waals surface area contributed by atoms with E-state index in [0.29, 0.717) is 16.8 Å². The highest BCUT2D eigenvalue weighted by atomic mass is 32.2. The Hall–Kier alpha value is -1.04. The summed E-state index contributed by atoms with van der Waals surface area (Å²) in [6.07, 6.45) is 8.53. The summed E-state index contributed by atoms with van der Waals surface area (Å²) < 4.78 is 0. The molecule has 5 nitrogen and oxygen atoms in total. The number of hydrogen-bond donors (Lipinski definition) is 1. The van der Waals surface area contributed by atoms with Gasteiger partial charge in [0, 0.05) is 19.0 Å². The lowest BCUT2D eigenvalue weighted by Gasteiger charge is -2.24. The second kappa shape index (κ2) is 6.61. The van der Waals surface area contributed by atoms with Crippen LogP contribution in [0, 0.1) is 0 Å². The van der Waals surface area contributed by atoms with Gasteiger partial charge in [-0.1, -0.05) is 31.0 Å². The standard InChI is InChI=1S/C14H22N4OS/c19-12(18-8-4-2-1-3-5-9-18)10-20-14-15-13(16-17-14)11-6-7-11/h11H,1-10H2,(H,15,16,17). The largest absolute Gasteiger partial charge is 0.342 e. The van der Waals surface area contributed by atoms with Gasteiger partial charge in [0.2, 0.25) is 11.1 Å². The van der Waals surface area contributed by atoms with Crippen molar-refractivity contribution in [1.82, 2.24) is 20.1 Å². The number of aromatic nitrogens is 3. The third-order valence-corrected chi connectivity index (χ3v) is 4.81. The molecular formula is C14H22N4OS. The number of thioether (sulfide) groups is 1. The van der Waals surface area contributed by atoms with Gasteiger partial charge in [0.05, 0.1) is 5.75 Å². The minimum Gasteiger partial charge on any atom is -0.342 e. The van der Waals surface area contributed by atoms with Crippen LogP contribution in [-0.4, -0.2) is 44.8 Å². The maximum atomic E-state index is 12.2. The van der Waals surface area contributed by atoms with Gasteiger partial charge in [0.25, 0.3) is 0 Å². The number of amides is 1. The van der Waals surface area contributed by atoms with Gasteiger partial charge in [-0.3, -0.25) is 9.89 Å². The van der Waals surface area contributed by atoms with Gasteiger partial charge in [-0.25, -0.2) is 4.98 Å². The van der Waals surface area contributed by atoms with E-state index >= 15 is 0 Å². The highest BCUT2D eigenvalue weighted by Crippen LogP contribution is 2.38. The van der Waals surface area contributed by atoms with Crippen LogP contribution in [0.3, 0.4) is 0 Å². The zero-order chi connectivity index (χ0) is 13.8. The Labute approximate surface area is 123 Å². The Morgan fingerprint density at radius 2 is 1.90 bits per heavy atom. The first-order valence-corrected chi connectivity index (χ1v) is 8.64. The van der Waals surface area contributed by atoms with Gasteiger partial charge in [-0.2, -0.15) is 0 Å². The topological polar surface area (TPSA) is 61.9 Å². The molecule has 1 aliphatic carbocycles. The summed E-state index contributed by atoms with van der Waals surface area (Å²) in [4.78, 5) is 18.7. The summed E-state index contributed by atoms with van der Waals surface area (Å²) in [5.74, 6) is 2.27. The Kier molecular flexibility index (Phi) is 4.60. The second-order valence-electron chi connectivity index (χ2n) is 5.71. The first kappa shape index (κ1) is 13.9. The zero-order valence-corrected chi connectivity index (χ0v) is 12.6. The van der Waals surface area contributed by atoms with Crippen LogP contribution in [0.5, 0.6) is 0 Å². The van der Waals surface area contributed by atoms with Gasteiger partial charge in [-0.15, -0.1) is 5.10 Å². The van der Waals surface area contributed by atoms with Crippen molar-refractivity contribution in [3.05, 3.63) is 5.82 Å². The van der Waals surface area contributed by atoms with E-state index in [9.17, 15) is 4.79 Å². The summed E-state index contributed by atoms with van der Waals surface area (Å²) in [7, 11) is 0. The number of carbonyl (C=O) groups is 1. The Balaban J connectivity index is 1.47. The third kappa shape index (κ3) is 3.75. The quantitative estimate of drug-likeness (QED) is 0.867. The summed E-state index contributed by atoms with van der Waals surface area (Å²) in [6.45, 7) is 1.83. The van der Waals surface area contributed by atoms with Gasteiger partial charge in [0.1, 0.15) is 5.82 Å². The van der Waals surface area contributed by atoms with E-state index in [1.807, 2.05) is 4.90 Å². The molecule has 2 heterocycles. The molecule has 1 aromatic heterocycles. The molecule has 0 atom stereocenters. The monoisotopic (exact) mass is 294 g/mol. The second-order valence-corrected chi connectivity index (χ2v) is 6.66. The SMILES string of the molecule is O=C(CSc1n[nH]c(C2CC2)n1)N1CCCCCCC1. The minimum atomic E-state index is 0.231. The Bertz CT molecular complexity index is 450. The van der Waals surface area contributed by atoms with Gasteiger partial charge in [-0.05, 0) is 25.7 Å². The first-order chi connectivity index (χ1) is 9.83. The van der Waals surface area contributed by atoms with E-state index in [-0.39, 0.29) is 5.91 Å². The third-order valence-electron chi connectivity index (χ3n) is 3.98. The molecule has 1 aliphatic heterocycles. The van der Waals surface area contributed by atoms with E-state index in [1.165, 1.54) is 43.9 Å². The van der Waals surface area contributed by atoms with Crippen LogP contribution >= 0.6 is 11.8 Å². The van der Waals surface area contributed by atoms with Crippen LogP contribution in [0.2, 0.25) is 0 Å². The molecular weight excluding hydrogens is 272 g/mol.